The second-order valence-electron chi connectivity index (χ2n) is 8.13. The molecule has 11 nitrogen and oxygen atoms in total. The fourth-order valence-electron chi connectivity index (χ4n) is 4.17. The lowest BCUT2D eigenvalue weighted by molar-refractivity contribution is -0.116. The van der Waals surface area contributed by atoms with Gasteiger partial charge in [0, 0.05) is 26.3 Å². The summed E-state index contributed by atoms with van der Waals surface area (Å²) in [4.78, 5) is 41.4. The smallest absolute Gasteiger partial charge is 0.325 e. The van der Waals surface area contributed by atoms with Gasteiger partial charge in [0.25, 0.3) is 5.56 Å². The van der Waals surface area contributed by atoms with E-state index in [0.29, 0.717) is 37.2 Å². The molecule has 1 N–H and O–H groups in total. The number of benzene rings is 1. The molecule has 0 aliphatic carbocycles. The number of sulfonamides is 1. The van der Waals surface area contributed by atoms with E-state index in [-0.39, 0.29) is 29.4 Å². The molecule has 0 unspecified atom stereocenters. The maximum Gasteiger partial charge on any atom is 0.332 e. The average Bonchev–Trinajstić information content (AvgIpc) is 3.19. The van der Waals surface area contributed by atoms with Gasteiger partial charge < -0.3 is 9.88 Å². The van der Waals surface area contributed by atoms with Crippen LogP contribution in [0.25, 0.3) is 11.2 Å². The van der Waals surface area contributed by atoms with Crippen LogP contribution in [0.15, 0.2) is 34.1 Å². The number of imidazole rings is 1. The van der Waals surface area contributed by atoms with E-state index in [0.717, 1.165) is 10.1 Å². The zero-order chi connectivity index (χ0) is 23.9. The summed E-state index contributed by atoms with van der Waals surface area (Å²) in [5, 5.41) is 2.80. The lowest BCUT2D eigenvalue weighted by Crippen LogP contribution is -2.37. The van der Waals surface area contributed by atoms with Gasteiger partial charge in [-0.3, -0.25) is 23.0 Å². The molecule has 1 amide bonds. The summed E-state index contributed by atoms with van der Waals surface area (Å²) in [6.07, 6.45) is 3.32. The first kappa shape index (κ1) is 22.8. The first-order chi connectivity index (χ1) is 15.6. The van der Waals surface area contributed by atoms with Gasteiger partial charge in [0.15, 0.2) is 11.2 Å². The molecule has 3 heterocycles. The second-order valence-corrected chi connectivity index (χ2v) is 10.1. The monoisotopic (exact) mass is 474 g/mol. The third-order valence-electron chi connectivity index (χ3n) is 5.77. The molecule has 0 atom stereocenters. The third kappa shape index (κ3) is 4.06. The van der Waals surface area contributed by atoms with Gasteiger partial charge in [-0.1, -0.05) is 6.92 Å². The minimum absolute atomic E-state index is 0.0921. The number of carbonyl (C=O) groups is 1. The molecule has 0 spiro atoms. The summed E-state index contributed by atoms with van der Waals surface area (Å²) in [5.74, 6) is -0.286. The topological polar surface area (TPSA) is 128 Å². The molecular formula is C21H26N6O5S. The van der Waals surface area contributed by atoms with Crippen LogP contribution in [0.1, 0.15) is 25.3 Å². The summed E-state index contributed by atoms with van der Waals surface area (Å²) >= 11 is 0. The number of nitrogens with one attached hydrogen (secondary N) is 1. The summed E-state index contributed by atoms with van der Waals surface area (Å²) in [5.41, 5.74) is 1.40. The number of hydrogen-bond donors (Lipinski definition) is 1. The van der Waals surface area contributed by atoms with Gasteiger partial charge in [-0.05, 0) is 43.0 Å². The number of aromatic nitrogens is 4. The minimum atomic E-state index is -3.37. The highest BCUT2D eigenvalue weighted by atomic mass is 32.2. The van der Waals surface area contributed by atoms with Gasteiger partial charge in [-0.15, -0.1) is 0 Å². The Morgan fingerprint density at radius 2 is 1.94 bits per heavy atom. The van der Waals surface area contributed by atoms with Gasteiger partial charge in [0.05, 0.1) is 17.8 Å². The van der Waals surface area contributed by atoms with Crippen molar-refractivity contribution < 1.29 is 13.2 Å². The number of anilines is 2. The summed E-state index contributed by atoms with van der Waals surface area (Å²) in [6, 6.07) is 5.18. The maximum absolute atomic E-state index is 12.7. The Kier molecular flexibility index (Phi) is 5.87. The van der Waals surface area contributed by atoms with E-state index in [1.165, 1.54) is 33.9 Å². The molecule has 2 aromatic heterocycles. The normalized spacial score (nSPS) is 13.8. The number of hydrogen-bond acceptors (Lipinski definition) is 6. The molecule has 176 valence electrons. The first-order valence-corrected chi connectivity index (χ1v) is 12.3. The molecule has 0 saturated heterocycles. The van der Waals surface area contributed by atoms with Crippen molar-refractivity contribution in [1.29, 1.82) is 0 Å². The Morgan fingerprint density at radius 1 is 1.18 bits per heavy atom. The van der Waals surface area contributed by atoms with E-state index in [9.17, 15) is 22.8 Å². The third-order valence-corrected chi connectivity index (χ3v) is 7.74. The van der Waals surface area contributed by atoms with Crippen LogP contribution in [0.2, 0.25) is 0 Å². The van der Waals surface area contributed by atoms with Crippen LogP contribution in [0.4, 0.5) is 11.4 Å². The molecule has 0 fully saturated rings. The van der Waals surface area contributed by atoms with Crippen LogP contribution >= 0.6 is 0 Å². The molecular weight excluding hydrogens is 448 g/mol. The van der Waals surface area contributed by atoms with Gasteiger partial charge >= 0.3 is 5.69 Å². The van der Waals surface area contributed by atoms with Crippen molar-refractivity contribution in [2.24, 2.45) is 14.1 Å². The summed E-state index contributed by atoms with van der Waals surface area (Å²) in [7, 11) is -0.486. The SMILES string of the molecule is CCCS(=O)(=O)N1CCCc2cc(NC(=O)Cn3cnc4c3c(=O)n(C)c(=O)n4C)ccc21. The summed E-state index contributed by atoms with van der Waals surface area (Å²) in [6.45, 7) is 2.12. The van der Waals surface area contributed by atoms with E-state index in [2.05, 4.69) is 10.3 Å². The van der Waals surface area contributed by atoms with Crippen LogP contribution < -0.4 is 20.9 Å². The number of aryl methyl sites for hydroxylation is 2. The minimum Gasteiger partial charge on any atom is -0.325 e. The van der Waals surface area contributed by atoms with Crippen molar-refractivity contribution in [3.8, 4) is 0 Å². The van der Waals surface area contributed by atoms with E-state index >= 15 is 0 Å². The zero-order valence-electron chi connectivity index (χ0n) is 18.7. The Labute approximate surface area is 190 Å². The van der Waals surface area contributed by atoms with E-state index in [1.807, 2.05) is 6.92 Å². The van der Waals surface area contributed by atoms with Gasteiger partial charge in [0.2, 0.25) is 15.9 Å². The molecule has 3 aromatic rings. The Hall–Kier alpha value is -3.41. The fraction of sp³-hybridized carbons (Fsp3) is 0.429. The van der Waals surface area contributed by atoms with Gasteiger partial charge in [-0.25, -0.2) is 18.2 Å². The molecule has 0 bridgehead atoms. The zero-order valence-corrected chi connectivity index (χ0v) is 19.6. The quantitative estimate of drug-likeness (QED) is 0.556. The fourth-order valence-corrected chi connectivity index (χ4v) is 5.79. The highest BCUT2D eigenvalue weighted by molar-refractivity contribution is 7.92. The Balaban J connectivity index is 1.57. The van der Waals surface area contributed by atoms with Gasteiger partial charge in [0.1, 0.15) is 6.54 Å². The largest absolute Gasteiger partial charge is 0.332 e. The van der Waals surface area contributed by atoms with Crippen molar-refractivity contribution in [3.63, 3.8) is 0 Å². The lowest BCUT2D eigenvalue weighted by atomic mass is 10.0. The van der Waals surface area contributed by atoms with Crippen LogP contribution in [0.3, 0.4) is 0 Å². The van der Waals surface area contributed by atoms with Crippen molar-refractivity contribution in [2.45, 2.75) is 32.7 Å². The van der Waals surface area contributed by atoms with Crippen molar-refractivity contribution in [2.75, 3.05) is 21.9 Å². The molecule has 0 saturated carbocycles. The molecule has 1 aliphatic heterocycles. The van der Waals surface area contributed by atoms with Crippen molar-refractivity contribution >= 4 is 38.5 Å². The van der Waals surface area contributed by atoms with Crippen LogP contribution in [0, 0.1) is 0 Å². The lowest BCUT2D eigenvalue weighted by Gasteiger charge is -2.30. The molecule has 33 heavy (non-hydrogen) atoms. The molecule has 1 aliphatic rings. The van der Waals surface area contributed by atoms with Crippen LogP contribution in [-0.2, 0) is 41.9 Å². The van der Waals surface area contributed by atoms with E-state index < -0.39 is 21.3 Å². The van der Waals surface area contributed by atoms with E-state index in [4.69, 9.17) is 0 Å². The molecule has 12 heteroatoms. The predicted molar refractivity (Wildman–Crippen MR) is 125 cm³/mol. The maximum atomic E-state index is 12.7. The molecule has 1 aromatic carbocycles. The Morgan fingerprint density at radius 3 is 2.67 bits per heavy atom. The second kappa shape index (κ2) is 8.50. The van der Waals surface area contributed by atoms with Crippen LogP contribution in [-0.4, -0.2) is 45.3 Å². The Bertz CT molecular complexity index is 1470. The average molecular weight is 475 g/mol. The molecule has 4 rings (SSSR count). The highest BCUT2D eigenvalue weighted by Gasteiger charge is 2.27. The van der Waals surface area contributed by atoms with Crippen LogP contribution in [0.5, 0.6) is 0 Å². The van der Waals surface area contributed by atoms with Gasteiger partial charge in [-0.2, -0.15) is 0 Å². The number of fused-ring (bicyclic) bond motifs is 2. The number of nitrogens with zero attached hydrogens (tertiary/aromatic N) is 5. The highest BCUT2D eigenvalue weighted by Crippen LogP contribution is 2.32. The number of amides is 1. The number of carbonyl (C=O) groups excluding carboxylic acids is 1. The standard InChI is InChI=1S/C21H26N6O5S/c1-4-10-33(31,32)27-9-5-6-14-11-15(7-8-16(14)27)23-17(28)12-26-13-22-19-18(26)20(29)25(3)21(30)24(19)2/h7-8,11,13H,4-6,9-10,12H2,1-3H3,(H,23,28). The molecule has 0 radical (unpaired) electrons. The first-order valence-electron chi connectivity index (χ1n) is 10.7. The summed E-state index contributed by atoms with van der Waals surface area (Å²) < 4.78 is 30.3. The van der Waals surface area contributed by atoms with Crippen molar-refractivity contribution in [3.05, 3.63) is 50.9 Å². The van der Waals surface area contributed by atoms with E-state index in [1.54, 1.807) is 18.2 Å². The number of rotatable bonds is 6. The predicted octanol–water partition coefficient (Wildman–Crippen LogP) is 0.565. The van der Waals surface area contributed by atoms with Crippen molar-refractivity contribution in [1.82, 2.24) is 18.7 Å².